The lowest BCUT2D eigenvalue weighted by Crippen LogP contribution is -2.44. The molecule has 1 fully saturated rings. The van der Waals surface area contributed by atoms with Crippen LogP contribution in [0.2, 0.25) is 0 Å². The van der Waals surface area contributed by atoms with Crippen LogP contribution in [0.5, 0.6) is 0 Å². The van der Waals surface area contributed by atoms with E-state index < -0.39 is 0 Å². The van der Waals surface area contributed by atoms with Crippen LogP contribution in [0.1, 0.15) is 5.56 Å². The summed E-state index contributed by atoms with van der Waals surface area (Å²) in [6.45, 7) is 4.58. The zero-order valence-corrected chi connectivity index (χ0v) is 10.2. The fourth-order valence-corrected chi connectivity index (χ4v) is 2.26. The van der Waals surface area contributed by atoms with E-state index in [0.717, 1.165) is 18.6 Å². The summed E-state index contributed by atoms with van der Waals surface area (Å²) in [7, 11) is 0. The first-order chi connectivity index (χ1) is 8.66. The van der Waals surface area contributed by atoms with Gasteiger partial charge in [-0.15, -0.1) is 0 Å². The minimum atomic E-state index is -0.255. The molecule has 1 aromatic carbocycles. The molecule has 0 atom stereocenters. The highest BCUT2D eigenvalue weighted by Crippen LogP contribution is 2.22. The molecule has 2 N–H and O–H groups in total. The molecule has 6 heteroatoms. The highest BCUT2D eigenvalue weighted by molar-refractivity contribution is 5.79. The third kappa shape index (κ3) is 1.69. The van der Waals surface area contributed by atoms with Gasteiger partial charge >= 0.3 is 0 Å². The van der Waals surface area contributed by atoms with Gasteiger partial charge in [0, 0.05) is 6.07 Å². The quantitative estimate of drug-likeness (QED) is 0.821. The van der Waals surface area contributed by atoms with Gasteiger partial charge in [0.25, 0.3) is 0 Å². The van der Waals surface area contributed by atoms with E-state index in [0.29, 0.717) is 30.2 Å². The number of aromatic nitrogens is 2. The predicted octanol–water partition coefficient (Wildman–Crippen LogP) is 1.03. The number of rotatable bonds is 1. The molecule has 18 heavy (non-hydrogen) atoms. The Hall–Kier alpha value is -1.82. The Bertz CT molecular complexity index is 589. The first-order valence-corrected chi connectivity index (χ1v) is 5.94. The number of anilines is 1. The zero-order chi connectivity index (χ0) is 12.7. The molecule has 0 radical (unpaired) electrons. The van der Waals surface area contributed by atoms with E-state index in [1.165, 1.54) is 6.07 Å². The number of halogens is 1. The lowest BCUT2D eigenvalue weighted by Gasteiger charge is -2.30. The third-order valence-corrected chi connectivity index (χ3v) is 3.21. The Kier molecular flexibility index (Phi) is 2.59. The van der Waals surface area contributed by atoms with Crippen LogP contribution < -0.4 is 10.7 Å². The number of nitrogens with zero attached hydrogens (tertiary/aromatic N) is 3. The van der Waals surface area contributed by atoms with E-state index in [4.69, 9.17) is 10.5 Å². The Morgan fingerprint density at radius 2 is 2.06 bits per heavy atom. The van der Waals surface area contributed by atoms with Gasteiger partial charge in [0.15, 0.2) is 0 Å². The second-order valence-corrected chi connectivity index (χ2v) is 4.44. The summed E-state index contributed by atoms with van der Waals surface area (Å²) in [6.07, 6.45) is 0. The molecule has 0 unspecified atom stereocenters. The standard InChI is InChI=1S/C12H15FN4O/c1-8-6-11-10(7-9(8)13)15-12(14)17(11)16-2-4-18-5-3-16/h6-7H,2-5H2,1H3,(H2,14,15). The zero-order valence-electron chi connectivity index (χ0n) is 10.2. The predicted molar refractivity (Wildman–Crippen MR) is 67.6 cm³/mol. The van der Waals surface area contributed by atoms with Gasteiger partial charge in [0.05, 0.1) is 37.3 Å². The van der Waals surface area contributed by atoms with Crippen molar-refractivity contribution in [1.29, 1.82) is 0 Å². The van der Waals surface area contributed by atoms with Crippen molar-refractivity contribution in [1.82, 2.24) is 9.66 Å². The monoisotopic (exact) mass is 250 g/mol. The van der Waals surface area contributed by atoms with Crippen molar-refractivity contribution in [2.45, 2.75) is 6.92 Å². The van der Waals surface area contributed by atoms with Crippen molar-refractivity contribution < 1.29 is 9.13 Å². The van der Waals surface area contributed by atoms with Crippen molar-refractivity contribution in [3.8, 4) is 0 Å². The highest BCUT2D eigenvalue weighted by Gasteiger charge is 2.18. The maximum atomic E-state index is 13.5. The summed E-state index contributed by atoms with van der Waals surface area (Å²) in [5, 5.41) is 2.07. The molecule has 0 aliphatic carbocycles. The number of aryl methyl sites for hydroxylation is 1. The number of benzene rings is 1. The number of nitrogens with two attached hydrogens (primary N) is 1. The smallest absolute Gasteiger partial charge is 0.220 e. The van der Waals surface area contributed by atoms with E-state index in [1.54, 1.807) is 13.0 Å². The average molecular weight is 250 g/mol. The number of hydrogen-bond donors (Lipinski definition) is 1. The van der Waals surface area contributed by atoms with Crippen molar-refractivity contribution in [3.05, 3.63) is 23.5 Å². The molecule has 96 valence electrons. The molecule has 1 aliphatic heterocycles. The van der Waals surface area contributed by atoms with Crippen LogP contribution in [-0.4, -0.2) is 36.0 Å². The highest BCUT2D eigenvalue weighted by atomic mass is 19.1. The van der Waals surface area contributed by atoms with Gasteiger partial charge < -0.3 is 15.5 Å². The van der Waals surface area contributed by atoms with Crippen LogP contribution in [0, 0.1) is 12.7 Å². The van der Waals surface area contributed by atoms with Crippen molar-refractivity contribution in [2.75, 3.05) is 37.0 Å². The molecule has 0 spiro atoms. The van der Waals surface area contributed by atoms with Crippen LogP contribution in [0.15, 0.2) is 12.1 Å². The van der Waals surface area contributed by atoms with E-state index in [-0.39, 0.29) is 5.82 Å². The van der Waals surface area contributed by atoms with Crippen molar-refractivity contribution in [3.63, 3.8) is 0 Å². The SMILES string of the molecule is Cc1cc2c(cc1F)nc(N)n2N1CCOCC1. The van der Waals surface area contributed by atoms with Crippen LogP contribution in [0.25, 0.3) is 11.0 Å². The Morgan fingerprint density at radius 3 is 2.78 bits per heavy atom. The van der Waals surface area contributed by atoms with Gasteiger partial charge in [-0.2, -0.15) is 0 Å². The minimum Gasteiger partial charge on any atom is -0.378 e. The minimum absolute atomic E-state index is 0.255. The van der Waals surface area contributed by atoms with Crippen LogP contribution in [0.3, 0.4) is 0 Å². The molecule has 0 bridgehead atoms. The van der Waals surface area contributed by atoms with Crippen molar-refractivity contribution in [2.24, 2.45) is 0 Å². The molecular weight excluding hydrogens is 235 g/mol. The van der Waals surface area contributed by atoms with E-state index >= 15 is 0 Å². The molecule has 0 saturated carbocycles. The lowest BCUT2D eigenvalue weighted by molar-refractivity contribution is 0.112. The van der Waals surface area contributed by atoms with Crippen molar-refractivity contribution >= 4 is 17.0 Å². The summed E-state index contributed by atoms with van der Waals surface area (Å²) in [5.74, 6) is 0.131. The number of nitrogen functional groups attached to an aromatic ring is 1. The van der Waals surface area contributed by atoms with Crippen LogP contribution in [-0.2, 0) is 4.74 Å². The summed E-state index contributed by atoms with van der Waals surface area (Å²) in [4.78, 5) is 4.21. The maximum absolute atomic E-state index is 13.5. The fourth-order valence-electron chi connectivity index (χ4n) is 2.26. The van der Waals surface area contributed by atoms with Crippen LogP contribution in [0.4, 0.5) is 10.3 Å². The first kappa shape index (κ1) is 11.3. The Labute approximate surface area is 104 Å². The average Bonchev–Trinajstić information content (AvgIpc) is 2.66. The van der Waals surface area contributed by atoms with Gasteiger partial charge in [-0.3, -0.25) is 0 Å². The number of morpholine rings is 1. The van der Waals surface area contributed by atoms with Gasteiger partial charge in [-0.25, -0.2) is 14.1 Å². The van der Waals surface area contributed by atoms with Gasteiger partial charge in [0.1, 0.15) is 5.82 Å². The molecule has 1 aliphatic rings. The third-order valence-electron chi connectivity index (χ3n) is 3.21. The number of ether oxygens (including phenoxy) is 1. The molecule has 0 amide bonds. The topological polar surface area (TPSA) is 56.3 Å². The Morgan fingerprint density at radius 1 is 1.33 bits per heavy atom. The second-order valence-electron chi connectivity index (χ2n) is 4.44. The second kappa shape index (κ2) is 4.13. The molecule has 5 nitrogen and oxygen atoms in total. The molecule has 3 rings (SSSR count). The number of fused-ring (bicyclic) bond motifs is 1. The van der Waals surface area contributed by atoms with Crippen LogP contribution >= 0.6 is 0 Å². The summed E-state index contributed by atoms with van der Waals surface area (Å²) < 4.78 is 20.7. The normalized spacial score (nSPS) is 16.4. The molecular formula is C12H15FN4O. The fraction of sp³-hybridized carbons (Fsp3) is 0.417. The summed E-state index contributed by atoms with van der Waals surface area (Å²) >= 11 is 0. The largest absolute Gasteiger partial charge is 0.378 e. The van der Waals surface area contributed by atoms with E-state index in [1.807, 2.05) is 4.68 Å². The maximum Gasteiger partial charge on any atom is 0.220 e. The van der Waals surface area contributed by atoms with Gasteiger partial charge in [-0.1, -0.05) is 0 Å². The Balaban J connectivity index is 2.15. The number of hydrogen-bond acceptors (Lipinski definition) is 4. The van der Waals surface area contributed by atoms with E-state index in [9.17, 15) is 4.39 Å². The first-order valence-electron chi connectivity index (χ1n) is 5.94. The van der Waals surface area contributed by atoms with Gasteiger partial charge in [0.2, 0.25) is 5.95 Å². The summed E-state index contributed by atoms with van der Waals surface area (Å²) in [5.41, 5.74) is 7.95. The summed E-state index contributed by atoms with van der Waals surface area (Å²) in [6, 6.07) is 3.21. The number of imidazole rings is 1. The molecule has 1 aromatic heterocycles. The molecule has 2 heterocycles. The lowest BCUT2D eigenvalue weighted by atomic mass is 10.2. The van der Waals surface area contributed by atoms with E-state index in [2.05, 4.69) is 9.99 Å². The molecule has 2 aromatic rings. The van der Waals surface area contributed by atoms with Gasteiger partial charge in [-0.05, 0) is 18.6 Å². The molecule has 1 saturated heterocycles.